The lowest BCUT2D eigenvalue weighted by Crippen LogP contribution is -2.24. The van der Waals surface area contributed by atoms with E-state index in [1.807, 2.05) is 18.2 Å². The van der Waals surface area contributed by atoms with Gasteiger partial charge in [0.2, 0.25) is 0 Å². The van der Waals surface area contributed by atoms with Crippen molar-refractivity contribution in [1.29, 1.82) is 0 Å². The van der Waals surface area contributed by atoms with Crippen molar-refractivity contribution in [3.63, 3.8) is 0 Å². The van der Waals surface area contributed by atoms with E-state index < -0.39 is 0 Å². The minimum atomic E-state index is 0.0798. The normalized spacial score (nSPS) is 13.4. The van der Waals surface area contributed by atoms with Gasteiger partial charge in [0.15, 0.2) is 0 Å². The lowest BCUT2D eigenvalue weighted by Gasteiger charge is -2.23. The van der Waals surface area contributed by atoms with Gasteiger partial charge in [0.1, 0.15) is 6.10 Å². The fourth-order valence-electron chi connectivity index (χ4n) is 2.65. The molecule has 0 spiro atoms. The van der Waals surface area contributed by atoms with E-state index in [0.29, 0.717) is 0 Å². The Morgan fingerprint density at radius 3 is 2.13 bits per heavy atom. The SMILES string of the molecule is C=CCC[C@@H](NO[C@@H](CCC)c1ccccc1)c1ccccc1. The van der Waals surface area contributed by atoms with Crippen molar-refractivity contribution in [2.75, 3.05) is 0 Å². The van der Waals surface area contributed by atoms with Gasteiger partial charge in [-0.3, -0.25) is 4.84 Å². The van der Waals surface area contributed by atoms with Crippen LogP contribution < -0.4 is 5.48 Å². The second-order valence-electron chi connectivity index (χ2n) is 5.75. The number of benzene rings is 2. The van der Waals surface area contributed by atoms with E-state index in [4.69, 9.17) is 4.84 Å². The molecule has 2 aromatic rings. The molecule has 0 aliphatic heterocycles. The molecule has 2 atom stereocenters. The second kappa shape index (κ2) is 9.98. The molecule has 2 nitrogen and oxygen atoms in total. The molecule has 0 aromatic heterocycles. The highest BCUT2D eigenvalue weighted by Gasteiger charge is 2.15. The molecule has 0 unspecified atom stereocenters. The number of allylic oxidation sites excluding steroid dienone is 1. The van der Waals surface area contributed by atoms with Crippen molar-refractivity contribution in [3.8, 4) is 0 Å². The van der Waals surface area contributed by atoms with Crippen molar-refractivity contribution < 1.29 is 4.84 Å². The molecule has 23 heavy (non-hydrogen) atoms. The van der Waals surface area contributed by atoms with Crippen molar-refractivity contribution >= 4 is 0 Å². The van der Waals surface area contributed by atoms with Gasteiger partial charge in [-0.15, -0.1) is 6.58 Å². The van der Waals surface area contributed by atoms with Crippen LogP contribution in [0.15, 0.2) is 73.3 Å². The van der Waals surface area contributed by atoms with Crippen LogP contribution in [-0.4, -0.2) is 0 Å². The van der Waals surface area contributed by atoms with Crippen LogP contribution in [0.2, 0.25) is 0 Å². The van der Waals surface area contributed by atoms with Gasteiger partial charge in [0.25, 0.3) is 0 Å². The van der Waals surface area contributed by atoms with Crippen LogP contribution in [0.1, 0.15) is 55.9 Å². The lowest BCUT2D eigenvalue weighted by molar-refractivity contribution is -0.0520. The summed E-state index contributed by atoms with van der Waals surface area (Å²) in [6.07, 6.45) is 6.06. The first-order valence-electron chi connectivity index (χ1n) is 8.47. The third-order valence-corrected chi connectivity index (χ3v) is 3.94. The summed E-state index contributed by atoms with van der Waals surface area (Å²) in [4.78, 5) is 6.10. The molecule has 2 aromatic carbocycles. The first-order chi connectivity index (χ1) is 11.3. The van der Waals surface area contributed by atoms with E-state index >= 15 is 0 Å². The summed E-state index contributed by atoms with van der Waals surface area (Å²) in [7, 11) is 0. The first-order valence-corrected chi connectivity index (χ1v) is 8.47. The second-order valence-corrected chi connectivity index (χ2v) is 5.75. The van der Waals surface area contributed by atoms with Crippen LogP contribution in [0.25, 0.3) is 0 Å². The molecule has 0 aliphatic carbocycles. The van der Waals surface area contributed by atoms with Crippen LogP contribution in [0.3, 0.4) is 0 Å². The van der Waals surface area contributed by atoms with E-state index in [1.165, 1.54) is 11.1 Å². The summed E-state index contributed by atoms with van der Waals surface area (Å²) in [5.41, 5.74) is 5.77. The predicted molar refractivity (Wildman–Crippen MR) is 96.9 cm³/mol. The molecule has 0 aliphatic rings. The fourth-order valence-corrected chi connectivity index (χ4v) is 2.65. The molecular formula is C21H27NO. The Morgan fingerprint density at radius 2 is 1.57 bits per heavy atom. The van der Waals surface area contributed by atoms with Gasteiger partial charge < -0.3 is 0 Å². The third kappa shape index (κ3) is 5.66. The van der Waals surface area contributed by atoms with Crippen LogP contribution in [0, 0.1) is 0 Å². The minimum Gasteiger partial charge on any atom is -0.293 e. The molecule has 0 amide bonds. The van der Waals surface area contributed by atoms with E-state index in [1.54, 1.807) is 0 Å². The minimum absolute atomic E-state index is 0.0798. The highest BCUT2D eigenvalue weighted by Crippen LogP contribution is 2.25. The number of hydrogen-bond acceptors (Lipinski definition) is 2. The van der Waals surface area contributed by atoms with Crippen molar-refractivity contribution in [2.45, 2.75) is 44.8 Å². The molecule has 0 saturated carbocycles. The molecule has 2 rings (SSSR count). The van der Waals surface area contributed by atoms with Gasteiger partial charge in [-0.2, -0.15) is 5.48 Å². The number of hydrogen-bond donors (Lipinski definition) is 1. The zero-order valence-corrected chi connectivity index (χ0v) is 13.9. The molecule has 122 valence electrons. The number of nitrogens with one attached hydrogen (secondary N) is 1. The number of rotatable bonds is 10. The summed E-state index contributed by atoms with van der Waals surface area (Å²) in [6.45, 7) is 6.02. The van der Waals surface area contributed by atoms with E-state index in [2.05, 4.69) is 67.5 Å². The van der Waals surface area contributed by atoms with Gasteiger partial charge in [0.05, 0.1) is 6.04 Å². The van der Waals surface area contributed by atoms with Crippen LogP contribution in [0.4, 0.5) is 0 Å². The summed E-state index contributed by atoms with van der Waals surface area (Å²) >= 11 is 0. The third-order valence-electron chi connectivity index (χ3n) is 3.94. The monoisotopic (exact) mass is 309 g/mol. The fraction of sp³-hybridized carbons (Fsp3) is 0.333. The van der Waals surface area contributed by atoms with Gasteiger partial charge >= 0.3 is 0 Å². The summed E-state index contributed by atoms with van der Waals surface area (Å²) < 4.78 is 0. The molecule has 2 heteroatoms. The summed E-state index contributed by atoms with van der Waals surface area (Å²) in [5, 5.41) is 0. The van der Waals surface area contributed by atoms with Crippen LogP contribution >= 0.6 is 0 Å². The van der Waals surface area contributed by atoms with Gasteiger partial charge in [0, 0.05) is 0 Å². The predicted octanol–water partition coefficient (Wildman–Crippen LogP) is 5.76. The van der Waals surface area contributed by atoms with E-state index in [0.717, 1.165) is 25.7 Å². The Bertz CT molecular complexity index is 553. The van der Waals surface area contributed by atoms with Crippen molar-refractivity contribution in [2.24, 2.45) is 0 Å². The molecule has 1 N–H and O–H groups in total. The van der Waals surface area contributed by atoms with Crippen molar-refractivity contribution in [1.82, 2.24) is 5.48 Å². The largest absolute Gasteiger partial charge is 0.293 e. The maximum Gasteiger partial charge on any atom is 0.104 e. The molecule has 0 bridgehead atoms. The number of hydroxylamine groups is 1. The average molecular weight is 309 g/mol. The average Bonchev–Trinajstić information content (AvgIpc) is 2.62. The topological polar surface area (TPSA) is 21.3 Å². The first kappa shape index (κ1) is 17.5. The Balaban J connectivity index is 2.04. The molecule has 0 heterocycles. The van der Waals surface area contributed by atoms with E-state index in [9.17, 15) is 0 Å². The molecule has 0 saturated heterocycles. The Kier molecular flexibility index (Phi) is 7.58. The van der Waals surface area contributed by atoms with Crippen LogP contribution in [-0.2, 0) is 4.84 Å². The van der Waals surface area contributed by atoms with Gasteiger partial charge in [-0.25, -0.2) is 0 Å². The zero-order valence-electron chi connectivity index (χ0n) is 13.9. The highest BCUT2D eigenvalue weighted by atomic mass is 16.7. The van der Waals surface area contributed by atoms with Gasteiger partial charge in [-0.1, -0.05) is 80.1 Å². The molecular weight excluding hydrogens is 282 g/mol. The lowest BCUT2D eigenvalue weighted by atomic mass is 10.0. The van der Waals surface area contributed by atoms with E-state index in [-0.39, 0.29) is 12.1 Å². The van der Waals surface area contributed by atoms with Crippen molar-refractivity contribution in [3.05, 3.63) is 84.4 Å². The maximum absolute atomic E-state index is 6.10. The quantitative estimate of drug-likeness (QED) is 0.445. The van der Waals surface area contributed by atoms with Crippen LogP contribution in [0.5, 0.6) is 0 Å². The Labute approximate surface area is 140 Å². The summed E-state index contributed by atoms with van der Waals surface area (Å²) in [5.74, 6) is 0. The Hall–Kier alpha value is -1.90. The molecule has 0 radical (unpaired) electrons. The maximum atomic E-state index is 6.10. The van der Waals surface area contributed by atoms with Gasteiger partial charge in [-0.05, 0) is 30.4 Å². The highest BCUT2D eigenvalue weighted by molar-refractivity contribution is 5.19. The Morgan fingerprint density at radius 1 is 0.957 bits per heavy atom. The molecule has 0 fully saturated rings. The standard InChI is InChI=1S/C21H27NO/c1-3-5-17-20(18-13-8-6-9-14-18)22-23-21(12-4-2)19-15-10-7-11-16-19/h3,6-11,13-16,20-22H,1,4-5,12,17H2,2H3/t20-,21+/m1/s1. The summed E-state index contributed by atoms with van der Waals surface area (Å²) in [6, 6.07) is 21.1. The smallest absolute Gasteiger partial charge is 0.104 e. The zero-order chi connectivity index (χ0) is 16.3.